The zero-order chi connectivity index (χ0) is 26.8. The second-order valence-corrected chi connectivity index (χ2v) is 10.7. The fraction of sp³-hybridized carbons (Fsp3) is 0.219. The summed E-state index contributed by atoms with van der Waals surface area (Å²) in [6, 6.07) is 29.1. The van der Waals surface area contributed by atoms with E-state index in [1.54, 1.807) is 24.3 Å². The van der Waals surface area contributed by atoms with Gasteiger partial charge < -0.3 is 5.32 Å². The molecule has 0 heterocycles. The van der Waals surface area contributed by atoms with E-state index in [1.807, 2.05) is 0 Å². The highest BCUT2D eigenvalue weighted by Crippen LogP contribution is 2.55. The molecule has 1 aliphatic rings. The van der Waals surface area contributed by atoms with Crippen molar-refractivity contribution in [3.05, 3.63) is 119 Å². The summed E-state index contributed by atoms with van der Waals surface area (Å²) < 4.78 is 38.8. The van der Waals surface area contributed by atoms with Crippen LogP contribution < -0.4 is 5.32 Å². The Hall–Kier alpha value is -3.43. The largest absolute Gasteiger partial charge is 0.416 e. The molecule has 1 N–H and O–H groups in total. The molecule has 0 saturated heterocycles. The van der Waals surface area contributed by atoms with Gasteiger partial charge in [0.25, 0.3) is 5.91 Å². The van der Waals surface area contributed by atoms with Crippen molar-refractivity contribution < 1.29 is 18.0 Å². The molecule has 4 aromatic carbocycles. The van der Waals surface area contributed by atoms with Crippen molar-refractivity contribution in [3.8, 4) is 22.3 Å². The molecule has 5 rings (SSSR count). The number of hydrogen-bond donors (Lipinski definition) is 1. The predicted octanol–water partition coefficient (Wildman–Crippen LogP) is 8.46. The summed E-state index contributed by atoms with van der Waals surface area (Å²) in [7, 11) is 3.11. The van der Waals surface area contributed by atoms with Gasteiger partial charge in [-0.05, 0) is 64.4 Å². The normalized spacial score (nSPS) is 13.6. The number of alkyl halides is 3. The van der Waals surface area contributed by atoms with Crippen molar-refractivity contribution in [1.29, 1.82) is 0 Å². The van der Waals surface area contributed by atoms with Gasteiger partial charge in [0.1, 0.15) is 0 Å². The minimum absolute atomic E-state index is 0.100. The van der Waals surface area contributed by atoms with Gasteiger partial charge in [0, 0.05) is 17.3 Å². The highest BCUT2D eigenvalue weighted by Gasteiger charge is 2.38. The van der Waals surface area contributed by atoms with Gasteiger partial charge in [-0.15, -0.1) is 9.24 Å². The summed E-state index contributed by atoms with van der Waals surface area (Å²) in [6.07, 6.45) is -0.559. The molecular weight excluding hydrogens is 502 g/mol. The Balaban J connectivity index is 1.17. The minimum atomic E-state index is -4.39. The molecule has 0 fully saturated rings. The first-order valence-corrected chi connectivity index (χ1v) is 13.4. The van der Waals surface area contributed by atoms with Gasteiger partial charge >= 0.3 is 6.18 Å². The number of fused-ring (bicyclic) bond motifs is 3. The maximum atomic E-state index is 12.9. The van der Waals surface area contributed by atoms with Crippen LogP contribution in [-0.4, -0.2) is 12.5 Å². The molecule has 194 valence electrons. The number of amides is 1. The second kappa shape index (κ2) is 10.7. The van der Waals surface area contributed by atoms with E-state index >= 15 is 0 Å². The maximum Gasteiger partial charge on any atom is 0.416 e. The van der Waals surface area contributed by atoms with Crippen molar-refractivity contribution in [2.45, 2.75) is 37.0 Å². The van der Waals surface area contributed by atoms with Gasteiger partial charge in [-0.25, -0.2) is 0 Å². The van der Waals surface area contributed by atoms with E-state index in [-0.39, 0.29) is 11.1 Å². The van der Waals surface area contributed by atoms with E-state index < -0.39 is 11.7 Å². The third kappa shape index (κ3) is 5.13. The molecule has 1 aliphatic carbocycles. The van der Waals surface area contributed by atoms with E-state index in [2.05, 4.69) is 63.1 Å². The number of rotatable bonds is 8. The maximum absolute atomic E-state index is 12.9. The lowest BCUT2D eigenvalue weighted by Crippen LogP contribution is -2.25. The Morgan fingerprint density at radius 3 is 1.87 bits per heavy atom. The lowest BCUT2D eigenvalue weighted by atomic mass is 9.90. The molecule has 0 aromatic heterocycles. The standard InChI is InChI=1S/C32H29F3NOP/c33-32(34,35)23-18-16-22(17-19-23)24-10-2-3-13-27(24)30(37)36-21-9-1-8-20-31(38)28-14-6-4-11-25(28)26-12-5-7-15-29(26)31/h2-7,10-19H,1,8-9,20-21,38H2,(H,36,37). The van der Waals surface area contributed by atoms with Crippen LogP contribution in [0.4, 0.5) is 13.2 Å². The predicted molar refractivity (Wildman–Crippen MR) is 150 cm³/mol. The van der Waals surface area contributed by atoms with Crippen molar-refractivity contribution in [3.63, 3.8) is 0 Å². The molecule has 1 amide bonds. The number of carbonyl (C=O) groups is 1. The molecule has 38 heavy (non-hydrogen) atoms. The third-order valence-corrected chi connectivity index (χ3v) is 8.24. The van der Waals surface area contributed by atoms with Gasteiger partial charge in [0.05, 0.1) is 5.56 Å². The first-order chi connectivity index (χ1) is 18.3. The summed E-state index contributed by atoms with van der Waals surface area (Å²) in [5.41, 5.74) is 6.23. The first kappa shape index (κ1) is 26.2. The van der Waals surface area contributed by atoms with Gasteiger partial charge in [-0.2, -0.15) is 13.2 Å². The molecule has 0 saturated carbocycles. The molecule has 4 aromatic rings. The van der Waals surface area contributed by atoms with Crippen LogP contribution in [0.5, 0.6) is 0 Å². The van der Waals surface area contributed by atoms with Crippen LogP contribution in [0.1, 0.15) is 52.7 Å². The summed E-state index contributed by atoms with van der Waals surface area (Å²) in [4.78, 5) is 12.9. The van der Waals surface area contributed by atoms with Crippen molar-refractivity contribution in [1.82, 2.24) is 5.32 Å². The Bertz CT molecular complexity index is 1400. The summed E-state index contributed by atoms with van der Waals surface area (Å²) in [6.45, 7) is 0.539. The van der Waals surface area contributed by atoms with Crippen molar-refractivity contribution in [2.75, 3.05) is 6.54 Å². The highest BCUT2D eigenvalue weighted by molar-refractivity contribution is 7.19. The van der Waals surface area contributed by atoms with Crippen LogP contribution in [-0.2, 0) is 11.3 Å². The zero-order valence-corrected chi connectivity index (χ0v) is 22.0. The number of halogens is 3. The Labute approximate surface area is 223 Å². The molecule has 0 bridgehead atoms. The SMILES string of the molecule is O=C(NCCCCCC1(P)c2ccccc2-c2ccccc21)c1ccccc1-c1ccc(C(F)(F)F)cc1. The second-order valence-electron chi connectivity index (χ2n) is 9.75. The summed E-state index contributed by atoms with van der Waals surface area (Å²) in [5.74, 6) is -0.221. The molecule has 2 nitrogen and oxygen atoms in total. The molecule has 6 heteroatoms. The van der Waals surface area contributed by atoms with Crippen LogP contribution >= 0.6 is 9.24 Å². The average molecular weight is 532 g/mol. The van der Waals surface area contributed by atoms with Gasteiger partial charge in [0.15, 0.2) is 0 Å². The van der Waals surface area contributed by atoms with Crippen LogP contribution in [0.3, 0.4) is 0 Å². The lowest BCUT2D eigenvalue weighted by Gasteiger charge is -2.27. The highest BCUT2D eigenvalue weighted by atomic mass is 31.0. The Morgan fingerprint density at radius 2 is 1.26 bits per heavy atom. The van der Waals surface area contributed by atoms with Gasteiger partial charge in [-0.3, -0.25) is 4.79 Å². The number of benzene rings is 4. The van der Waals surface area contributed by atoms with Gasteiger partial charge in [0.2, 0.25) is 0 Å². The average Bonchev–Trinajstić information content (AvgIpc) is 3.19. The zero-order valence-electron chi connectivity index (χ0n) is 20.9. The van der Waals surface area contributed by atoms with Crippen molar-refractivity contribution >= 4 is 15.1 Å². The van der Waals surface area contributed by atoms with Crippen molar-refractivity contribution in [2.24, 2.45) is 0 Å². The summed E-state index contributed by atoms with van der Waals surface area (Å²) in [5, 5.41) is 2.89. The van der Waals surface area contributed by atoms with Crippen LogP contribution in [0.2, 0.25) is 0 Å². The number of carbonyl (C=O) groups excluding carboxylic acids is 1. The summed E-state index contributed by atoms with van der Waals surface area (Å²) >= 11 is 0. The third-order valence-electron chi connectivity index (χ3n) is 7.33. The number of hydrogen-bond acceptors (Lipinski definition) is 1. The minimum Gasteiger partial charge on any atom is -0.352 e. The fourth-order valence-corrected chi connectivity index (χ4v) is 6.11. The van der Waals surface area contributed by atoms with E-state index in [1.165, 1.54) is 34.4 Å². The van der Waals surface area contributed by atoms with Crippen LogP contribution in [0, 0.1) is 0 Å². The van der Waals surface area contributed by atoms with E-state index in [4.69, 9.17) is 0 Å². The van der Waals surface area contributed by atoms with E-state index in [0.29, 0.717) is 23.2 Å². The number of unbranched alkanes of at least 4 members (excludes halogenated alkanes) is 2. The first-order valence-electron chi connectivity index (χ1n) is 12.8. The number of nitrogens with one attached hydrogen (secondary N) is 1. The van der Waals surface area contributed by atoms with Gasteiger partial charge in [-0.1, -0.05) is 91.7 Å². The fourth-order valence-electron chi connectivity index (χ4n) is 5.40. The lowest BCUT2D eigenvalue weighted by molar-refractivity contribution is -0.137. The van der Waals surface area contributed by atoms with E-state index in [9.17, 15) is 18.0 Å². The van der Waals surface area contributed by atoms with Crippen LogP contribution in [0.15, 0.2) is 97.1 Å². The molecule has 0 spiro atoms. The Morgan fingerprint density at radius 1 is 0.711 bits per heavy atom. The molecule has 1 unspecified atom stereocenters. The topological polar surface area (TPSA) is 29.1 Å². The molecule has 0 radical (unpaired) electrons. The Kier molecular flexibility index (Phi) is 7.40. The quantitative estimate of drug-likeness (QED) is 0.179. The van der Waals surface area contributed by atoms with E-state index in [0.717, 1.165) is 37.8 Å². The smallest absolute Gasteiger partial charge is 0.352 e. The van der Waals surface area contributed by atoms with Crippen LogP contribution in [0.25, 0.3) is 22.3 Å². The monoisotopic (exact) mass is 531 g/mol. The molecule has 1 atom stereocenters. The molecule has 0 aliphatic heterocycles. The molecular formula is C32H29F3NOP.